The Kier molecular flexibility index (Phi) is 12.1. The fraction of sp³-hybridized carbons (Fsp3) is 1.00. The van der Waals surface area contributed by atoms with E-state index in [0.29, 0.717) is 18.6 Å². The molecule has 0 bridgehead atoms. The van der Waals surface area contributed by atoms with Crippen LogP contribution in [0.25, 0.3) is 0 Å². The van der Waals surface area contributed by atoms with Gasteiger partial charge in [0.15, 0.2) is 0 Å². The zero-order chi connectivity index (χ0) is 12.3. The van der Waals surface area contributed by atoms with Crippen molar-refractivity contribution >= 4 is 0 Å². The van der Waals surface area contributed by atoms with Gasteiger partial charge in [0, 0.05) is 0 Å². The number of hydrogen-bond donors (Lipinski definition) is 0. The molecule has 0 saturated carbocycles. The van der Waals surface area contributed by atoms with Crippen LogP contribution in [0.3, 0.4) is 0 Å². The van der Waals surface area contributed by atoms with Crippen LogP contribution in [0.15, 0.2) is 0 Å². The summed E-state index contributed by atoms with van der Waals surface area (Å²) in [5.74, 6) is 0.894. The van der Waals surface area contributed by atoms with Crippen molar-refractivity contribution < 1.29 is 9.78 Å². The van der Waals surface area contributed by atoms with E-state index >= 15 is 0 Å². The first kappa shape index (κ1) is 17.3. The fourth-order valence-corrected chi connectivity index (χ4v) is 1.36. The lowest BCUT2D eigenvalue weighted by Crippen LogP contribution is -2.09. The summed E-state index contributed by atoms with van der Waals surface area (Å²) in [6, 6.07) is 0. The topological polar surface area (TPSA) is 18.5 Å². The van der Waals surface area contributed by atoms with Crippen molar-refractivity contribution in [3.05, 3.63) is 0 Å². The van der Waals surface area contributed by atoms with E-state index in [1.165, 1.54) is 12.8 Å². The SMILES string of the molecule is CCC(C)CC(C)(C)C.CCOOCC. The molecule has 0 N–H and O–H groups in total. The van der Waals surface area contributed by atoms with Gasteiger partial charge in [-0.3, -0.25) is 0 Å². The van der Waals surface area contributed by atoms with Gasteiger partial charge in [-0.25, -0.2) is 9.78 Å². The van der Waals surface area contributed by atoms with Crippen molar-refractivity contribution in [2.75, 3.05) is 13.2 Å². The predicted molar refractivity (Wildman–Crippen MR) is 66.8 cm³/mol. The molecule has 0 amide bonds. The highest BCUT2D eigenvalue weighted by Gasteiger charge is 2.13. The first-order valence-corrected chi connectivity index (χ1v) is 6.11. The van der Waals surface area contributed by atoms with E-state index in [9.17, 15) is 0 Å². The van der Waals surface area contributed by atoms with E-state index in [-0.39, 0.29) is 0 Å². The third kappa shape index (κ3) is 20.1. The van der Waals surface area contributed by atoms with Crippen molar-refractivity contribution in [3.8, 4) is 0 Å². The third-order valence-electron chi connectivity index (χ3n) is 1.98. The molecule has 94 valence electrons. The highest BCUT2D eigenvalue weighted by atomic mass is 17.2. The molecule has 2 heteroatoms. The summed E-state index contributed by atoms with van der Waals surface area (Å²) in [7, 11) is 0. The van der Waals surface area contributed by atoms with Crippen LogP contribution in [0.4, 0.5) is 0 Å². The van der Waals surface area contributed by atoms with Gasteiger partial charge in [0.2, 0.25) is 0 Å². The van der Waals surface area contributed by atoms with Gasteiger partial charge in [0.05, 0.1) is 13.2 Å². The standard InChI is InChI=1S/C9H20.C4H10O2/c1-6-8(2)7-9(3,4)5;1-3-5-6-4-2/h8H,6-7H2,1-5H3;3-4H2,1-2H3. The Morgan fingerprint density at radius 1 is 0.933 bits per heavy atom. The normalized spacial score (nSPS) is 13.0. The minimum absolute atomic E-state index is 0.523. The number of rotatable bonds is 5. The fourth-order valence-electron chi connectivity index (χ4n) is 1.36. The molecule has 2 nitrogen and oxygen atoms in total. The second-order valence-electron chi connectivity index (χ2n) is 5.09. The van der Waals surface area contributed by atoms with E-state index in [2.05, 4.69) is 44.4 Å². The van der Waals surface area contributed by atoms with Crippen LogP contribution in [0.5, 0.6) is 0 Å². The van der Waals surface area contributed by atoms with Crippen LogP contribution in [-0.2, 0) is 9.78 Å². The molecule has 1 atom stereocenters. The molecule has 0 aromatic rings. The van der Waals surface area contributed by atoms with Gasteiger partial charge in [-0.1, -0.05) is 41.0 Å². The Hall–Kier alpha value is -0.0800. The summed E-state index contributed by atoms with van der Waals surface area (Å²) in [5, 5.41) is 0. The first-order valence-electron chi connectivity index (χ1n) is 6.11. The zero-order valence-electron chi connectivity index (χ0n) is 11.7. The van der Waals surface area contributed by atoms with Gasteiger partial charge in [-0.05, 0) is 31.6 Å². The largest absolute Gasteiger partial charge is 0.237 e. The van der Waals surface area contributed by atoms with Crippen LogP contribution >= 0.6 is 0 Å². The Morgan fingerprint density at radius 2 is 1.33 bits per heavy atom. The van der Waals surface area contributed by atoms with Crippen LogP contribution in [0.1, 0.15) is 61.3 Å². The van der Waals surface area contributed by atoms with E-state index in [0.717, 1.165) is 5.92 Å². The van der Waals surface area contributed by atoms with Gasteiger partial charge in [0.25, 0.3) is 0 Å². The highest BCUT2D eigenvalue weighted by Crippen LogP contribution is 2.25. The van der Waals surface area contributed by atoms with Gasteiger partial charge < -0.3 is 0 Å². The minimum atomic E-state index is 0.523. The monoisotopic (exact) mass is 218 g/mol. The summed E-state index contributed by atoms with van der Waals surface area (Å²) in [5.41, 5.74) is 0.523. The number of hydrogen-bond acceptors (Lipinski definition) is 2. The summed E-state index contributed by atoms with van der Waals surface area (Å²) in [6.07, 6.45) is 2.67. The van der Waals surface area contributed by atoms with Gasteiger partial charge in [-0.15, -0.1) is 0 Å². The van der Waals surface area contributed by atoms with Crippen molar-refractivity contribution in [2.24, 2.45) is 11.3 Å². The molecule has 0 fully saturated rings. The lowest BCUT2D eigenvalue weighted by Gasteiger charge is -2.21. The van der Waals surface area contributed by atoms with Crippen LogP contribution in [-0.4, -0.2) is 13.2 Å². The minimum Gasteiger partial charge on any atom is -0.237 e. The molecule has 0 aliphatic carbocycles. The maximum atomic E-state index is 4.48. The highest BCUT2D eigenvalue weighted by molar-refractivity contribution is 4.64. The van der Waals surface area contributed by atoms with Crippen LogP contribution in [0, 0.1) is 11.3 Å². The van der Waals surface area contributed by atoms with Crippen LogP contribution < -0.4 is 0 Å². The molecule has 0 radical (unpaired) electrons. The average Bonchev–Trinajstić information content (AvgIpc) is 2.13. The molecule has 0 aliphatic heterocycles. The predicted octanol–water partition coefficient (Wildman–Crippen LogP) is 4.44. The van der Waals surface area contributed by atoms with Crippen molar-refractivity contribution in [1.82, 2.24) is 0 Å². The Bertz CT molecular complexity index is 112. The molecule has 0 aliphatic rings. The summed E-state index contributed by atoms with van der Waals surface area (Å²) in [6.45, 7) is 16.5. The average molecular weight is 218 g/mol. The molecule has 0 saturated heterocycles. The summed E-state index contributed by atoms with van der Waals surface area (Å²) < 4.78 is 0. The van der Waals surface area contributed by atoms with Gasteiger partial charge in [0.1, 0.15) is 0 Å². The maximum Gasteiger partial charge on any atom is 0.0794 e. The molecule has 0 aromatic carbocycles. The second-order valence-corrected chi connectivity index (χ2v) is 5.09. The summed E-state index contributed by atoms with van der Waals surface area (Å²) >= 11 is 0. The lowest BCUT2D eigenvalue weighted by molar-refractivity contribution is -0.287. The molecule has 15 heavy (non-hydrogen) atoms. The molecule has 0 spiro atoms. The van der Waals surface area contributed by atoms with Crippen molar-refractivity contribution in [2.45, 2.75) is 61.3 Å². The first-order chi connectivity index (χ1) is 6.87. The van der Waals surface area contributed by atoms with Crippen molar-refractivity contribution in [1.29, 1.82) is 0 Å². The molecule has 0 rings (SSSR count). The zero-order valence-corrected chi connectivity index (χ0v) is 11.7. The van der Waals surface area contributed by atoms with Crippen LogP contribution in [0.2, 0.25) is 0 Å². The van der Waals surface area contributed by atoms with Gasteiger partial charge >= 0.3 is 0 Å². The molecular weight excluding hydrogens is 188 g/mol. The third-order valence-corrected chi connectivity index (χ3v) is 1.98. The maximum absolute atomic E-state index is 4.48. The Balaban J connectivity index is 0. The van der Waals surface area contributed by atoms with E-state index in [1.54, 1.807) is 0 Å². The molecule has 1 unspecified atom stereocenters. The van der Waals surface area contributed by atoms with E-state index < -0.39 is 0 Å². The smallest absolute Gasteiger partial charge is 0.0794 e. The molecule has 0 heterocycles. The lowest BCUT2D eigenvalue weighted by atomic mass is 9.84. The quantitative estimate of drug-likeness (QED) is 0.386. The van der Waals surface area contributed by atoms with Crippen molar-refractivity contribution in [3.63, 3.8) is 0 Å². The summed E-state index contributed by atoms with van der Waals surface area (Å²) in [4.78, 5) is 8.97. The molecular formula is C13H30O2. The van der Waals surface area contributed by atoms with E-state index in [1.807, 2.05) is 13.8 Å². The molecule has 0 aromatic heterocycles. The van der Waals surface area contributed by atoms with Gasteiger partial charge in [-0.2, -0.15) is 0 Å². The Labute approximate surface area is 96.3 Å². The second kappa shape index (κ2) is 10.4. The van der Waals surface area contributed by atoms with E-state index in [4.69, 9.17) is 0 Å². The Morgan fingerprint density at radius 3 is 1.47 bits per heavy atom.